The van der Waals surface area contributed by atoms with Crippen LogP contribution in [0.3, 0.4) is 0 Å². The molecule has 0 bridgehead atoms. The molecule has 1 aromatic carbocycles. The number of hydrogen-bond acceptors (Lipinski definition) is 4. The third-order valence-corrected chi connectivity index (χ3v) is 3.15. The third kappa shape index (κ3) is 2.10. The van der Waals surface area contributed by atoms with Gasteiger partial charge in [0.2, 0.25) is 0 Å². The Morgan fingerprint density at radius 2 is 2.15 bits per heavy atom. The molecule has 0 aliphatic heterocycles. The van der Waals surface area contributed by atoms with Gasteiger partial charge in [0.05, 0.1) is 21.8 Å². The van der Waals surface area contributed by atoms with Crippen molar-refractivity contribution in [1.29, 1.82) is 0 Å². The Morgan fingerprint density at radius 1 is 1.30 bits per heavy atom. The quantitative estimate of drug-likeness (QED) is 0.698. The summed E-state index contributed by atoms with van der Waals surface area (Å²) in [6.45, 7) is 0. The number of pyridine rings is 1. The van der Waals surface area contributed by atoms with Crippen molar-refractivity contribution in [1.82, 2.24) is 9.97 Å². The molecule has 0 aliphatic rings. The van der Waals surface area contributed by atoms with E-state index in [4.69, 9.17) is 11.6 Å². The van der Waals surface area contributed by atoms with Crippen molar-refractivity contribution in [3.05, 3.63) is 52.4 Å². The molecule has 0 unspecified atom stereocenters. The summed E-state index contributed by atoms with van der Waals surface area (Å²) in [5.41, 5.74) is 1.48. The zero-order valence-electron chi connectivity index (χ0n) is 10.0. The molecule has 0 fully saturated rings. The summed E-state index contributed by atoms with van der Waals surface area (Å²) in [5, 5.41) is 6.77. The zero-order chi connectivity index (χ0) is 14.1. The largest absolute Gasteiger partial charge is 0.352 e. The summed E-state index contributed by atoms with van der Waals surface area (Å²) in [4.78, 5) is 17.4. The number of aromatic nitrogens is 2. The van der Waals surface area contributed by atoms with Crippen LogP contribution in [0, 0.1) is 10.7 Å². The van der Waals surface area contributed by atoms with E-state index in [0.29, 0.717) is 21.7 Å². The minimum atomic E-state index is -0.571. The number of halogens is 2. The van der Waals surface area contributed by atoms with Gasteiger partial charge in [-0.1, -0.05) is 11.6 Å². The number of nitrogens with zero attached hydrogens (tertiary/aromatic N) is 2. The number of H-pyrrole nitrogens is 1. The van der Waals surface area contributed by atoms with Crippen molar-refractivity contribution in [2.24, 2.45) is 5.18 Å². The number of hydrogen-bond donors (Lipinski definition) is 2. The van der Waals surface area contributed by atoms with E-state index in [-0.39, 0.29) is 11.4 Å². The number of aromatic amines is 1. The number of nitrogens with one attached hydrogen (secondary N) is 2. The highest BCUT2D eigenvalue weighted by Gasteiger charge is 2.10. The van der Waals surface area contributed by atoms with Crippen molar-refractivity contribution < 1.29 is 4.39 Å². The van der Waals surface area contributed by atoms with E-state index in [2.05, 4.69) is 20.5 Å². The summed E-state index contributed by atoms with van der Waals surface area (Å²) in [5.74, 6) is -0.571. The fourth-order valence-corrected chi connectivity index (χ4v) is 2.17. The topological polar surface area (TPSA) is 70.1 Å². The molecule has 0 spiro atoms. The van der Waals surface area contributed by atoms with E-state index in [9.17, 15) is 9.30 Å². The molecule has 0 radical (unpaired) electrons. The van der Waals surface area contributed by atoms with E-state index < -0.39 is 5.82 Å². The Morgan fingerprint density at radius 3 is 2.90 bits per heavy atom. The highest BCUT2D eigenvalue weighted by atomic mass is 35.5. The van der Waals surface area contributed by atoms with Gasteiger partial charge in [-0.2, -0.15) is 0 Å². The summed E-state index contributed by atoms with van der Waals surface area (Å²) < 4.78 is 13.8. The lowest BCUT2D eigenvalue weighted by molar-refractivity contribution is 0.632. The monoisotopic (exact) mass is 290 g/mol. The van der Waals surface area contributed by atoms with Crippen LogP contribution in [0.5, 0.6) is 0 Å². The smallest absolute Gasteiger partial charge is 0.148 e. The first kappa shape index (κ1) is 12.6. The van der Waals surface area contributed by atoms with E-state index >= 15 is 0 Å². The molecule has 3 aromatic rings. The lowest BCUT2D eigenvalue weighted by atomic mass is 10.2. The number of nitroso groups, excluding NO2 is 1. The van der Waals surface area contributed by atoms with Crippen LogP contribution < -0.4 is 5.32 Å². The predicted octanol–water partition coefficient (Wildman–Crippen LogP) is 4.50. The fourth-order valence-electron chi connectivity index (χ4n) is 1.93. The van der Waals surface area contributed by atoms with E-state index in [0.717, 1.165) is 6.07 Å². The zero-order valence-corrected chi connectivity index (χ0v) is 10.8. The molecule has 3 rings (SSSR count). The highest BCUT2D eigenvalue weighted by Crippen LogP contribution is 2.32. The first-order chi connectivity index (χ1) is 9.69. The summed E-state index contributed by atoms with van der Waals surface area (Å²) in [6.07, 6.45) is 3.19. The molecule has 100 valence electrons. The summed E-state index contributed by atoms with van der Waals surface area (Å²) >= 11 is 6.07. The molecule has 0 atom stereocenters. The van der Waals surface area contributed by atoms with Crippen LogP contribution in [-0.2, 0) is 0 Å². The molecule has 0 saturated carbocycles. The van der Waals surface area contributed by atoms with Gasteiger partial charge in [0.25, 0.3) is 0 Å². The molecule has 5 nitrogen and oxygen atoms in total. The van der Waals surface area contributed by atoms with Crippen LogP contribution in [0.25, 0.3) is 11.0 Å². The summed E-state index contributed by atoms with van der Waals surface area (Å²) in [7, 11) is 0. The minimum Gasteiger partial charge on any atom is -0.352 e. The third-order valence-electron chi connectivity index (χ3n) is 2.85. The highest BCUT2D eigenvalue weighted by molar-refractivity contribution is 6.36. The lowest BCUT2D eigenvalue weighted by Crippen LogP contribution is -1.94. The van der Waals surface area contributed by atoms with Crippen LogP contribution >= 0.6 is 11.6 Å². The van der Waals surface area contributed by atoms with Crippen molar-refractivity contribution in [3.8, 4) is 0 Å². The maximum Gasteiger partial charge on any atom is 0.148 e. The fraction of sp³-hybridized carbons (Fsp3) is 0. The maximum absolute atomic E-state index is 13.8. The van der Waals surface area contributed by atoms with Crippen LogP contribution in [0.2, 0.25) is 5.02 Å². The second-order valence-corrected chi connectivity index (χ2v) is 4.51. The Hall–Kier alpha value is -2.47. The molecule has 7 heteroatoms. The second kappa shape index (κ2) is 4.90. The molecule has 20 heavy (non-hydrogen) atoms. The molecule has 0 saturated heterocycles. The first-order valence-electron chi connectivity index (χ1n) is 5.70. The summed E-state index contributed by atoms with van der Waals surface area (Å²) in [6, 6.07) is 5.62. The van der Waals surface area contributed by atoms with Gasteiger partial charge in [0.15, 0.2) is 0 Å². The second-order valence-electron chi connectivity index (χ2n) is 4.10. The van der Waals surface area contributed by atoms with E-state index in [1.165, 1.54) is 12.1 Å². The molecular formula is C13H8ClFN4O. The van der Waals surface area contributed by atoms with Gasteiger partial charge in [-0.05, 0) is 23.4 Å². The lowest BCUT2D eigenvalue weighted by Gasteiger charge is -2.09. The SMILES string of the molecule is O=Nc1ccc(Nc2ccnc3[nH]cc(Cl)c23)c(F)c1. The maximum atomic E-state index is 13.8. The van der Waals surface area contributed by atoms with Gasteiger partial charge in [0, 0.05) is 18.5 Å². The number of fused-ring (bicyclic) bond motifs is 1. The number of anilines is 2. The van der Waals surface area contributed by atoms with Crippen LogP contribution in [0.4, 0.5) is 21.5 Å². The normalized spacial score (nSPS) is 10.7. The Kier molecular flexibility index (Phi) is 3.08. The molecule has 2 N–H and O–H groups in total. The van der Waals surface area contributed by atoms with Crippen LogP contribution in [0.15, 0.2) is 41.8 Å². The molecule has 0 amide bonds. The Labute approximate surface area is 117 Å². The van der Waals surface area contributed by atoms with Gasteiger partial charge in [0.1, 0.15) is 17.2 Å². The van der Waals surface area contributed by atoms with Crippen molar-refractivity contribution in [2.45, 2.75) is 0 Å². The van der Waals surface area contributed by atoms with E-state index in [1.54, 1.807) is 18.5 Å². The molecule has 0 aliphatic carbocycles. The van der Waals surface area contributed by atoms with E-state index in [1.807, 2.05) is 0 Å². The Bertz CT molecular complexity index is 802. The standard InChI is InChI=1S/C13H8ClFN4O/c14-8-6-17-13-12(8)11(3-4-16-13)18-10-2-1-7(19-20)5-9(10)15/h1-6H,(H2,16,17,18). The average Bonchev–Trinajstić information content (AvgIpc) is 2.84. The van der Waals surface area contributed by atoms with Crippen molar-refractivity contribution in [3.63, 3.8) is 0 Å². The minimum absolute atomic E-state index is 0.0348. The number of rotatable bonds is 3. The van der Waals surface area contributed by atoms with Gasteiger partial charge in [-0.25, -0.2) is 9.37 Å². The van der Waals surface area contributed by atoms with Gasteiger partial charge in [-0.3, -0.25) is 0 Å². The molecule has 2 heterocycles. The molecular weight excluding hydrogens is 283 g/mol. The average molecular weight is 291 g/mol. The Balaban J connectivity index is 2.05. The van der Waals surface area contributed by atoms with Gasteiger partial charge < -0.3 is 10.3 Å². The van der Waals surface area contributed by atoms with Gasteiger partial charge >= 0.3 is 0 Å². The first-order valence-corrected chi connectivity index (χ1v) is 6.08. The van der Waals surface area contributed by atoms with Crippen molar-refractivity contribution >= 4 is 39.7 Å². The number of benzene rings is 1. The van der Waals surface area contributed by atoms with Crippen LogP contribution in [0.1, 0.15) is 0 Å². The molecule has 2 aromatic heterocycles. The predicted molar refractivity (Wildman–Crippen MR) is 76.2 cm³/mol. The van der Waals surface area contributed by atoms with Gasteiger partial charge in [-0.15, -0.1) is 4.91 Å². The van der Waals surface area contributed by atoms with Crippen molar-refractivity contribution in [2.75, 3.05) is 5.32 Å². The van der Waals surface area contributed by atoms with Crippen LogP contribution in [-0.4, -0.2) is 9.97 Å².